The Kier molecular flexibility index (Phi) is 23.1. The summed E-state index contributed by atoms with van der Waals surface area (Å²) >= 11 is 0. The van der Waals surface area contributed by atoms with E-state index in [1.54, 1.807) is 0 Å². The van der Waals surface area contributed by atoms with Crippen LogP contribution in [0.5, 0.6) is 0 Å². The molecule has 4 N–H and O–H groups in total. The molecule has 248 valence electrons. The van der Waals surface area contributed by atoms with Crippen LogP contribution in [0.3, 0.4) is 0 Å². The number of hydrogen-bond donors (Lipinski definition) is 4. The lowest BCUT2D eigenvalue weighted by molar-refractivity contribution is -0.305. The van der Waals surface area contributed by atoms with Gasteiger partial charge in [0.15, 0.2) is 12.4 Å². The summed E-state index contributed by atoms with van der Waals surface area (Å²) in [6.45, 7) is 3.32. The SMILES string of the molecule is CCCCCCCCCCCCC(=O)OC(COC(=O)CCCCCCCCC)COC1OC(CO)C(O)C(O)C1O. The third-order valence-electron chi connectivity index (χ3n) is 7.74. The van der Waals surface area contributed by atoms with Gasteiger partial charge in [-0.05, 0) is 12.8 Å². The maximum atomic E-state index is 12.6. The van der Waals surface area contributed by atoms with E-state index in [9.17, 15) is 30.0 Å². The highest BCUT2D eigenvalue weighted by atomic mass is 16.7. The molecule has 10 heteroatoms. The zero-order valence-electron chi connectivity index (χ0n) is 26.3. The highest BCUT2D eigenvalue weighted by molar-refractivity contribution is 5.70. The Balaban J connectivity index is 2.47. The second-order valence-corrected chi connectivity index (χ2v) is 11.6. The van der Waals surface area contributed by atoms with Crippen molar-refractivity contribution in [3.8, 4) is 0 Å². The monoisotopic (exact) mass is 604 g/mol. The molecule has 0 spiro atoms. The van der Waals surface area contributed by atoms with Crippen LogP contribution in [0.4, 0.5) is 0 Å². The third-order valence-corrected chi connectivity index (χ3v) is 7.74. The van der Waals surface area contributed by atoms with Gasteiger partial charge in [-0.3, -0.25) is 9.59 Å². The molecule has 0 amide bonds. The van der Waals surface area contributed by atoms with Crippen molar-refractivity contribution in [2.45, 2.75) is 173 Å². The Bertz CT molecular complexity index is 674. The van der Waals surface area contributed by atoms with Gasteiger partial charge in [0.05, 0.1) is 13.2 Å². The maximum Gasteiger partial charge on any atom is 0.306 e. The van der Waals surface area contributed by atoms with Crippen molar-refractivity contribution in [1.82, 2.24) is 0 Å². The van der Waals surface area contributed by atoms with Crippen LogP contribution < -0.4 is 0 Å². The fraction of sp³-hybridized carbons (Fsp3) is 0.938. The van der Waals surface area contributed by atoms with Crippen LogP contribution >= 0.6 is 0 Å². The molecule has 0 saturated carbocycles. The van der Waals surface area contributed by atoms with Gasteiger partial charge in [-0.15, -0.1) is 0 Å². The molecule has 6 unspecified atom stereocenters. The predicted molar refractivity (Wildman–Crippen MR) is 160 cm³/mol. The maximum absolute atomic E-state index is 12.6. The number of aliphatic hydroxyl groups is 4. The third kappa shape index (κ3) is 17.7. The van der Waals surface area contributed by atoms with Gasteiger partial charge >= 0.3 is 11.9 Å². The van der Waals surface area contributed by atoms with Gasteiger partial charge in [-0.2, -0.15) is 0 Å². The molecule has 1 aliphatic rings. The molecule has 1 heterocycles. The number of carbonyl (C=O) groups is 2. The molecule has 0 radical (unpaired) electrons. The van der Waals surface area contributed by atoms with E-state index >= 15 is 0 Å². The molecule has 1 fully saturated rings. The van der Waals surface area contributed by atoms with Gasteiger partial charge in [0.1, 0.15) is 31.0 Å². The van der Waals surface area contributed by atoms with Crippen LogP contribution in [0.15, 0.2) is 0 Å². The second-order valence-electron chi connectivity index (χ2n) is 11.6. The summed E-state index contributed by atoms with van der Waals surface area (Å²) in [5, 5.41) is 39.6. The zero-order chi connectivity index (χ0) is 31.0. The number of aliphatic hydroxyl groups excluding tert-OH is 4. The topological polar surface area (TPSA) is 152 Å². The Morgan fingerprint density at radius 3 is 1.62 bits per heavy atom. The van der Waals surface area contributed by atoms with Gasteiger partial charge in [-0.1, -0.05) is 110 Å². The van der Waals surface area contributed by atoms with Gasteiger partial charge in [0.2, 0.25) is 0 Å². The number of unbranched alkanes of at least 4 members (excludes halogenated alkanes) is 15. The number of rotatable bonds is 26. The van der Waals surface area contributed by atoms with E-state index in [1.807, 2.05) is 0 Å². The van der Waals surface area contributed by atoms with E-state index in [4.69, 9.17) is 18.9 Å². The molecular weight excluding hydrogens is 544 g/mol. The molecule has 0 aromatic carbocycles. The van der Waals surface area contributed by atoms with Crippen molar-refractivity contribution in [2.24, 2.45) is 0 Å². The molecule has 6 atom stereocenters. The first-order valence-electron chi connectivity index (χ1n) is 16.6. The molecule has 0 aromatic rings. The smallest absolute Gasteiger partial charge is 0.306 e. The summed E-state index contributed by atoms with van der Waals surface area (Å²) < 4.78 is 21.9. The van der Waals surface area contributed by atoms with Crippen molar-refractivity contribution in [3.63, 3.8) is 0 Å². The van der Waals surface area contributed by atoms with Gasteiger partial charge in [0, 0.05) is 12.8 Å². The van der Waals surface area contributed by atoms with Crippen LogP contribution in [0.25, 0.3) is 0 Å². The predicted octanol–water partition coefficient (Wildman–Crippen LogP) is 4.71. The van der Waals surface area contributed by atoms with Gasteiger partial charge < -0.3 is 39.4 Å². The van der Waals surface area contributed by atoms with E-state index in [0.29, 0.717) is 6.42 Å². The molecule has 42 heavy (non-hydrogen) atoms. The zero-order valence-corrected chi connectivity index (χ0v) is 26.3. The number of hydrogen-bond acceptors (Lipinski definition) is 10. The standard InChI is InChI=1S/C32H60O10/c1-3-5-7-9-11-12-13-15-17-19-21-28(35)41-25(23-39-27(34)20-18-16-14-10-8-6-4-2)24-40-32-31(38)30(37)29(36)26(22-33)42-32/h25-26,29-33,36-38H,3-24H2,1-2H3. The van der Waals surface area contributed by atoms with Gasteiger partial charge in [-0.25, -0.2) is 0 Å². The van der Waals surface area contributed by atoms with Crippen LogP contribution in [0.1, 0.15) is 136 Å². The minimum absolute atomic E-state index is 0.212. The second kappa shape index (κ2) is 25.1. The quantitative estimate of drug-likeness (QED) is 0.0807. The number of ether oxygens (including phenoxy) is 4. The van der Waals surface area contributed by atoms with Crippen molar-refractivity contribution in [2.75, 3.05) is 19.8 Å². The van der Waals surface area contributed by atoms with E-state index in [0.717, 1.165) is 44.9 Å². The summed E-state index contributed by atoms with van der Waals surface area (Å²) in [7, 11) is 0. The summed E-state index contributed by atoms with van der Waals surface area (Å²) in [4.78, 5) is 24.9. The normalized spacial score (nSPS) is 23.0. The first-order chi connectivity index (χ1) is 20.3. The fourth-order valence-electron chi connectivity index (χ4n) is 5.01. The Hall–Kier alpha value is -1.30. The molecule has 0 aromatic heterocycles. The average Bonchev–Trinajstić information content (AvgIpc) is 2.98. The fourth-order valence-corrected chi connectivity index (χ4v) is 5.01. The summed E-state index contributed by atoms with van der Waals surface area (Å²) in [5.41, 5.74) is 0. The van der Waals surface area contributed by atoms with Crippen LogP contribution in [0, 0.1) is 0 Å². The molecule has 1 aliphatic heterocycles. The Labute approximate surface area is 253 Å². The summed E-state index contributed by atoms with van der Waals surface area (Å²) in [6, 6.07) is 0. The van der Waals surface area contributed by atoms with E-state index < -0.39 is 49.4 Å². The lowest BCUT2D eigenvalue weighted by atomic mass is 9.99. The molecule has 0 bridgehead atoms. The summed E-state index contributed by atoms with van der Waals surface area (Å²) in [5.74, 6) is -0.813. The Morgan fingerprint density at radius 2 is 1.12 bits per heavy atom. The van der Waals surface area contributed by atoms with E-state index in [2.05, 4.69) is 13.8 Å². The minimum atomic E-state index is -1.59. The van der Waals surface area contributed by atoms with Crippen LogP contribution in [0.2, 0.25) is 0 Å². The lowest BCUT2D eigenvalue weighted by Gasteiger charge is -2.39. The number of esters is 2. The van der Waals surface area contributed by atoms with E-state index in [1.165, 1.54) is 57.8 Å². The first kappa shape index (κ1) is 38.7. The van der Waals surface area contributed by atoms with Crippen molar-refractivity contribution in [1.29, 1.82) is 0 Å². The highest BCUT2D eigenvalue weighted by Gasteiger charge is 2.44. The van der Waals surface area contributed by atoms with Crippen molar-refractivity contribution < 1.29 is 49.0 Å². The molecule has 0 aliphatic carbocycles. The largest absolute Gasteiger partial charge is 0.462 e. The minimum Gasteiger partial charge on any atom is -0.462 e. The van der Waals surface area contributed by atoms with Crippen LogP contribution in [-0.2, 0) is 28.5 Å². The van der Waals surface area contributed by atoms with Crippen molar-refractivity contribution >= 4 is 11.9 Å². The Morgan fingerprint density at radius 1 is 0.643 bits per heavy atom. The molecule has 10 nitrogen and oxygen atoms in total. The first-order valence-corrected chi connectivity index (χ1v) is 16.6. The van der Waals surface area contributed by atoms with E-state index in [-0.39, 0.29) is 32.0 Å². The average molecular weight is 605 g/mol. The highest BCUT2D eigenvalue weighted by Crippen LogP contribution is 2.22. The summed E-state index contributed by atoms with van der Waals surface area (Å²) in [6.07, 6.45) is 11.5. The number of carbonyl (C=O) groups excluding carboxylic acids is 2. The molecule has 1 saturated heterocycles. The molecule has 1 rings (SSSR count). The lowest BCUT2D eigenvalue weighted by Crippen LogP contribution is -2.59. The molecular formula is C32H60O10. The van der Waals surface area contributed by atoms with Crippen LogP contribution in [-0.4, -0.2) is 89.0 Å². The van der Waals surface area contributed by atoms with Crippen molar-refractivity contribution in [3.05, 3.63) is 0 Å². The van der Waals surface area contributed by atoms with Gasteiger partial charge in [0.25, 0.3) is 0 Å².